The second kappa shape index (κ2) is 12.2. The Morgan fingerprint density at radius 3 is 2.19 bits per heavy atom. The Labute approximate surface area is 188 Å². The summed E-state index contributed by atoms with van der Waals surface area (Å²) in [5.41, 5.74) is 5.18. The van der Waals surface area contributed by atoms with Gasteiger partial charge in [0.05, 0.1) is 19.8 Å². The van der Waals surface area contributed by atoms with E-state index in [2.05, 4.69) is 12.1 Å². The van der Waals surface area contributed by atoms with Crippen LogP contribution in [0.15, 0.2) is 78.9 Å². The molecule has 0 spiro atoms. The smallest absolute Gasteiger partial charge is 0.119 e. The monoisotopic (exact) mass is 438 g/mol. The van der Waals surface area contributed by atoms with Gasteiger partial charge in [-0.05, 0) is 58.5 Å². The normalized spacial score (nSPS) is 11.8. The largest absolute Gasteiger partial charge is 0.508 e. The minimum Gasteiger partial charge on any atom is -0.508 e. The zero-order valence-electron chi connectivity index (χ0n) is 17.3. The van der Waals surface area contributed by atoms with Crippen LogP contribution in [-0.2, 0) is 4.74 Å². The number of allylic oxidation sites excluding steroid dienone is 1. The zero-order valence-corrected chi connectivity index (χ0v) is 18.1. The Morgan fingerprint density at radius 2 is 1.52 bits per heavy atom. The summed E-state index contributed by atoms with van der Waals surface area (Å²) in [5, 5.41) is 18.8. The number of benzene rings is 3. The van der Waals surface area contributed by atoms with E-state index in [4.69, 9.17) is 26.2 Å². The van der Waals surface area contributed by atoms with Gasteiger partial charge in [-0.25, -0.2) is 0 Å². The van der Waals surface area contributed by atoms with Gasteiger partial charge in [-0.15, -0.1) is 11.6 Å². The molecule has 3 rings (SSSR count). The van der Waals surface area contributed by atoms with Crippen LogP contribution in [0.1, 0.15) is 23.1 Å². The Kier molecular flexibility index (Phi) is 8.98. The first kappa shape index (κ1) is 22.9. The maximum atomic E-state index is 10.1. The highest BCUT2D eigenvalue weighted by Gasteiger charge is 2.14. The first-order valence-electron chi connectivity index (χ1n) is 10.3. The summed E-state index contributed by atoms with van der Waals surface area (Å²) in [6.07, 6.45) is 0.691. The van der Waals surface area contributed by atoms with E-state index < -0.39 is 0 Å². The third-order valence-corrected chi connectivity index (χ3v) is 4.97. The number of phenols is 1. The van der Waals surface area contributed by atoms with Crippen molar-refractivity contribution in [1.29, 1.82) is 0 Å². The van der Waals surface area contributed by atoms with Crippen molar-refractivity contribution >= 4 is 22.7 Å². The highest BCUT2D eigenvalue weighted by molar-refractivity contribution is 6.18. The fourth-order valence-electron chi connectivity index (χ4n) is 3.43. The molecule has 0 aliphatic heterocycles. The molecule has 0 unspecified atom stereocenters. The average molecular weight is 439 g/mol. The molecule has 2 N–H and O–H groups in total. The first-order chi connectivity index (χ1) is 15.2. The molecule has 0 bridgehead atoms. The molecule has 0 radical (unpaired) electrons. The van der Waals surface area contributed by atoms with Gasteiger partial charge in [-0.2, -0.15) is 0 Å². The molecule has 0 atom stereocenters. The molecule has 0 saturated heterocycles. The summed E-state index contributed by atoms with van der Waals surface area (Å²) in [6, 6.07) is 25.3. The average Bonchev–Trinajstić information content (AvgIpc) is 2.80. The van der Waals surface area contributed by atoms with Crippen molar-refractivity contribution in [2.75, 3.05) is 32.3 Å². The lowest BCUT2D eigenvalue weighted by atomic mass is 9.88. The standard InChI is InChI=1S/C26H27ClO4/c27-14-13-25(20-5-2-1-3-6-20)26(22-7-4-8-23(29)19-22)21-9-11-24(12-10-21)31-18-17-30-16-15-28/h1-12,19,28-29H,13-18H2. The van der Waals surface area contributed by atoms with Crippen molar-refractivity contribution < 1.29 is 19.7 Å². The van der Waals surface area contributed by atoms with Gasteiger partial charge >= 0.3 is 0 Å². The van der Waals surface area contributed by atoms with E-state index in [1.807, 2.05) is 54.6 Å². The molecule has 4 nitrogen and oxygen atoms in total. The van der Waals surface area contributed by atoms with Crippen molar-refractivity contribution in [1.82, 2.24) is 0 Å². The molecule has 0 aliphatic rings. The Hall–Kier alpha value is -2.79. The fourth-order valence-corrected chi connectivity index (χ4v) is 3.62. The summed E-state index contributed by atoms with van der Waals surface area (Å²) in [7, 11) is 0. The molecule has 31 heavy (non-hydrogen) atoms. The lowest BCUT2D eigenvalue weighted by molar-refractivity contribution is 0.0705. The van der Waals surface area contributed by atoms with Crippen LogP contribution < -0.4 is 4.74 Å². The predicted octanol–water partition coefficient (Wildman–Crippen LogP) is 5.37. The molecular formula is C26H27ClO4. The number of alkyl halides is 1. The lowest BCUT2D eigenvalue weighted by Crippen LogP contribution is -2.09. The van der Waals surface area contributed by atoms with E-state index in [1.54, 1.807) is 12.1 Å². The molecule has 3 aromatic rings. The van der Waals surface area contributed by atoms with Gasteiger partial charge in [-0.3, -0.25) is 0 Å². The minimum absolute atomic E-state index is 0.00486. The van der Waals surface area contributed by atoms with Crippen molar-refractivity contribution in [2.45, 2.75) is 6.42 Å². The van der Waals surface area contributed by atoms with E-state index in [0.717, 1.165) is 33.6 Å². The SMILES string of the molecule is OCCOCCOc1ccc(C(=C(CCCl)c2ccccc2)c2cccc(O)c2)cc1. The first-order valence-corrected chi connectivity index (χ1v) is 10.8. The highest BCUT2D eigenvalue weighted by Crippen LogP contribution is 2.36. The number of aromatic hydroxyl groups is 1. The second-order valence-electron chi connectivity index (χ2n) is 6.92. The van der Waals surface area contributed by atoms with Crippen molar-refractivity contribution in [3.8, 4) is 11.5 Å². The number of aliphatic hydroxyl groups is 1. The number of rotatable bonds is 11. The van der Waals surface area contributed by atoms with E-state index in [0.29, 0.717) is 32.1 Å². The van der Waals surface area contributed by atoms with Gasteiger partial charge in [0.15, 0.2) is 0 Å². The fraction of sp³-hybridized carbons (Fsp3) is 0.231. The van der Waals surface area contributed by atoms with E-state index in [-0.39, 0.29) is 12.4 Å². The lowest BCUT2D eigenvalue weighted by Gasteiger charge is -2.17. The maximum absolute atomic E-state index is 10.1. The van der Waals surface area contributed by atoms with Gasteiger partial charge in [0.1, 0.15) is 18.1 Å². The van der Waals surface area contributed by atoms with Crippen molar-refractivity contribution in [2.24, 2.45) is 0 Å². The number of hydrogen-bond donors (Lipinski definition) is 2. The molecule has 0 fully saturated rings. The molecule has 0 heterocycles. The Morgan fingerprint density at radius 1 is 0.774 bits per heavy atom. The minimum atomic E-state index is 0.00486. The summed E-state index contributed by atoms with van der Waals surface area (Å²) >= 11 is 6.18. The quantitative estimate of drug-likeness (QED) is 0.240. The third-order valence-electron chi connectivity index (χ3n) is 4.78. The van der Waals surface area contributed by atoms with Crippen LogP contribution in [-0.4, -0.2) is 42.5 Å². The van der Waals surface area contributed by atoms with Crippen molar-refractivity contribution in [3.05, 3.63) is 95.6 Å². The molecule has 162 valence electrons. The molecule has 0 saturated carbocycles. The summed E-state index contributed by atoms with van der Waals surface area (Å²) in [6.45, 7) is 1.15. The van der Waals surface area contributed by atoms with Crippen LogP contribution in [0.5, 0.6) is 11.5 Å². The van der Waals surface area contributed by atoms with Gasteiger partial charge in [0, 0.05) is 5.88 Å². The molecule has 0 amide bonds. The van der Waals surface area contributed by atoms with E-state index in [1.165, 1.54) is 0 Å². The van der Waals surface area contributed by atoms with Gasteiger partial charge < -0.3 is 19.7 Å². The van der Waals surface area contributed by atoms with Crippen LogP contribution >= 0.6 is 11.6 Å². The van der Waals surface area contributed by atoms with E-state index in [9.17, 15) is 5.11 Å². The number of ether oxygens (including phenoxy) is 2. The third kappa shape index (κ3) is 6.59. The van der Waals surface area contributed by atoms with Crippen LogP contribution in [0, 0.1) is 0 Å². The Balaban J connectivity index is 1.97. The van der Waals surface area contributed by atoms with Crippen LogP contribution in [0.25, 0.3) is 11.1 Å². The van der Waals surface area contributed by atoms with Gasteiger partial charge in [-0.1, -0.05) is 54.6 Å². The van der Waals surface area contributed by atoms with Crippen LogP contribution in [0.4, 0.5) is 0 Å². The highest BCUT2D eigenvalue weighted by atomic mass is 35.5. The van der Waals surface area contributed by atoms with Crippen LogP contribution in [0.2, 0.25) is 0 Å². The molecule has 0 aliphatic carbocycles. The number of halogens is 1. The maximum Gasteiger partial charge on any atom is 0.119 e. The van der Waals surface area contributed by atoms with Gasteiger partial charge in [0.2, 0.25) is 0 Å². The number of aliphatic hydroxyl groups excluding tert-OH is 1. The molecular weight excluding hydrogens is 412 g/mol. The van der Waals surface area contributed by atoms with Crippen molar-refractivity contribution in [3.63, 3.8) is 0 Å². The summed E-state index contributed by atoms with van der Waals surface area (Å²) in [5.74, 6) is 1.45. The Bertz CT molecular complexity index is 968. The number of phenolic OH excluding ortho intramolecular Hbond substituents is 1. The number of hydrogen-bond acceptors (Lipinski definition) is 4. The van der Waals surface area contributed by atoms with Gasteiger partial charge in [0.25, 0.3) is 0 Å². The summed E-state index contributed by atoms with van der Waals surface area (Å²) < 4.78 is 10.9. The molecule has 3 aromatic carbocycles. The van der Waals surface area contributed by atoms with Crippen LogP contribution in [0.3, 0.4) is 0 Å². The predicted molar refractivity (Wildman–Crippen MR) is 126 cm³/mol. The molecule has 0 aromatic heterocycles. The van der Waals surface area contributed by atoms with E-state index >= 15 is 0 Å². The summed E-state index contributed by atoms with van der Waals surface area (Å²) in [4.78, 5) is 0. The zero-order chi connectivity index (χ0) is 21.9. The second-order valence-corrected chi connectivity index (χ2v) is 7.30. The molecule has 5 heteroatoms. The topological polar surface area (TPSA) is 58.9 Å².